The number of hydrogen-bond donors (Lipinski definition) is 1. The summed E-state index contributed by atoms with van der Waals surface area (Å²) in [6.45, 7) is 1.93. The van der Waals surface area contributed by atoms with Gasteiger partial charge in [-0.1, -0.05) is 18.2 Å². The van der Waals surface area contributed by atoms with Crippen LogP contribution in [0.4, 0.5) is 13.2 Å². The highest BCUT2D eigenvalue weighted by Crippen LogP contribution is 2.31. The number of nitrogens with one attached hydrogen (secondary N) is 1. The minimum atomic E-state index is -4.49. The lowest BCUT2D eigenvalue weighted by atomic mass is 10.0. The van der Waals surface area contributed by atoms with E-state index in [1.165, 1.54) is 4.90 Å². The second-order valence-electron chi connectivity index (χ2n) is 6.83. The van der Waals surface area contributed by atoms with Gasteiger partial charge in [0.25, 0.3) is 11.7 Å². The number of rotatable bonds is 4. The van der Waals surface area contributed by atoms with Crippen LogP contribution in [0.3, 0.4) is 0 Å². The van der Waals surface area contributed by atoms with Gasteiger partial charge in [0.2, 0.25) is 5.88 Å². The normalized spacial score (nSPS) is 14.7. The van der Waals surface area contributed by atoms with Gasteiger partial charge in [0, 0.05) is 28.9 Å². The number of H-pyrrole nitrogens is 1. The summed E-state index contributed by atoms with van der Waals surface area (Å²) in [5.41, 5.74) is 0.835. The van der Waals surface area contributed by atoms with Crippen LogP contribution in [0.2, 0.25) is 0 Å². The molecule has 1 aliphatic heterocycles. The third kappa shape index (κ3) is 3.55. The first kappa shape index (κ1) is 19.0. The molecule has 1 aliphatic rings. The maximum absolute atomic E-state index is 12.8. The molecule has 0 bridgehead atoms. The number of ether oxygens (including phenoxy) is 1. The van der Waals surface area contributed by atoms with Gasteiger partial charge in [-0.3, -0.25) is 9.59 Å². The van der Waals surface area contributed by atoms with Gasteiger partial charge in [0.05, 0.1) is 24.2 Å². The number of ketones is 1. The number of aryl methyl sites for hydroxylation is 1. The number of aromatic amines is 1. The summed E-state index contributed by atoms with van der Waals surface area (Å²) >= 11 is 0. The highest BCUT2D eigenvalue weighted by Gasteiger charge is 2.37. The SMILES string of the molecule is Cc1[nH]c2ccccc2c1C(=O)C(=O)N1CC(Oc2cc(C(F)(F)F)ccn2)C1. The van der Waals surface area contributed by atoms with Crippen LogP contribution in [0.5, 0.6) is 5.88 Å². The number of halogens is 3. The smallest absolute Gasteiger partial charge is 0.416 e. The fraction of sp³-hybridized carbons (Fsp3) is 0.250. The minimum Gasteiger partial charge on any atom is -0.471 e. The van der Waals surface area contributed by atoms with Crippen LogP contribution in [-0.4, -0.2) is 45.8 Å². The van der Waals surface area contributed by atoms with Gasteiger partial charge < -0.3 is 14.6 Å². The summed E-state index contributed by atoms with van der Waals surface area (Å²) in [6.07, 6.45) is -4.00. The van der Waals surface area contributed by atoms with E-state index >= 15 is 0 Å². The summed E-state index contributed by atoms with van der Waals surface area (Å²) in [4.78, 5) is 33.4. The molecule has 0 saturated carbocycles. The fourth-order valence-corrected chi connectivity index (χ4v) is 3.32. The molecule has 150 valence electrons. The average Bonchev–Trinajstić information content (AvgIpc) is 2.98. The largest absolute Gasteiger partial charge is 0.471 e. The molecular formula is C20H16F3N3O3. The lowest BCUT2D eigenvalue weighted by molar-refractivity contribution is -0.137. The van der Waals surface area contributed by atoms with E-state index < -0.39 is 29.5 Å². The van der Waals surface area contributed by atoms with Crippen molar-refractivity contribution in [3.63, 3.8) is 0 Å². The number of likely N-dealkylation sites (tertiary alicyclic amines) is 1. The number of carbonyl (C=O) groups excluding carboxylic acids is 2. The highest BCUT2D eigenvalue weighted by atomic mass is 19.4. The Morgan fingerprint density at radius 3 is 2.66 bits per heavy atom. The Bertz CT molecular complexity index is 1100. The van der Waals surface area contributed by atoms with Gasteiger partial charge in [0.15, 0.2) is 0 Å². The van der Waals surface area contributed by atoms with Gasteiger partial charge in [-0.15, -0.1) is 0 Å². The van der Waals surface area contributed by atoms with Crippen LogP contribution in [-0.2, 0) is 11.0 Å². The summed E-state index contributed by atoms with van der Waals surface area (Å²) in [6, 6.07) is 8.86. The van der Waals surface area contributed by atoms with E-state index in [0.717, 1.165) is 23.8 Å². The zero-order valence-corrected chi connectivity index (χ0v) is 15.3. The second kappa shape index (κ2) is 6.91. The molecule has 2 aromatic heterocycles. The number of carbonyl (C=O) groups is 2. The first-order chi connectivity index (χ1) is 13.7. The number of fused-ring (bicyclic) bond motifs is 1. The van der Waals surface area contributed by atoms with E-state index in [2.05, 4.69) is 9.97 Å². The molecule has 6 nitrogen and oxygen atoms in total. The Morgan fingerprint density at radius 2 is 1.93 bits per heavy atom. The molecule has 0 atom stereocenters. The average molecular weight is 403 g/mol. The number of aromatic nitrogens is 2. The van der Waals surface area contributed by atoms with Crippen molar-refractivity contribution in [2.45, 2.75) is 19.2 Å². The van der Waals surface area contributed by atoms with Crippen LogP contribution in [0.25, 0.3) is 10.9 Å². The second-order valence-corrected chi connectivity index (χ2v) is 6.83. The van der Waals surface area contributed by atoms with Gasteiger partial charge in [0.1, 0.15) is 6.10 Å². The molecule has 1 amide bonds. The Balaban J connectivity index is 1.42. The van der Waals surface area contributed by atoms with Crippen LogP contribution in [0.15, 0.2) is 42.6 Å². The van der Waals surface area contributed by atoms with Crippen molar-refractivity contribution < 1.29 is 27.5 Å². The summed E-state index contributed by atoms with van der Waals surface area (Å²) in [5, 5.41) is 0.671. The predicted octanol–water partition coefficient (Wildman–Crippen LogP) is 3.36. The molecule has 0 aliphatic carbocycles. The molecule has 0 spiro atoms. The van der Waals surface area contributed by atoms with Crippen LogP contribution >= 0.6 is 0 Å². The molecule has 3 aromatic rings. The number of nitrogens with zero attached hydrogens (tertiary/aromatic N) is 2. The zero-order chi connectivity index (χ0) is 20.8. The Hall–Kier alpha value is -3.36. The van der Waals surface area contributed by atoms with Crippen molar-refractivity contribution in [2.75, 3.05) is 13.1 Å². The van der Waals surface area contributed by atoms with Gasteiger partial charge in [-0.05, 0) is 19.1 Å². The summed E-state index contributed by atoms with van der Waals surface area (Å²) in [7, 11) is 0. The molecule has 1 N–H and O–H groups in total. The predicted molar refractivity (Wildman–Crippen MR) is 97.6 cm³/mol. The van der Waals surface area contributed by atoms with Crippen LogP contribution < -0.4 is 4.74 Å². The van der Waals surface area contributed by atoms with E-state index in [-0.39, 0.29) is 19.0 Å². The van der Waals surface area contributed by atoms with Crippen molar-refractivity contribution in [1.82, 2.24) is 14.9 Å². The van der Waals surface area contributed by atoms with E-state index in [4.69, 9.17) is 4.74 Å². The number of Topliss-reactive ketones (excluding diaryl/α,β-unsaturated/α-hetero) is 1. The van der Waals surface area contributed by atoms with E-state index in [9.17, 15) is 22.8 Å². The number of benzene rings is 1. The first-order valence-electron chi connectivity index (χ1n) is 8.85. The fourth-order valence-electron chi connectivity index (χ4n) is 3.32. The quantitative estimate of drug-likeness (QED) is 0.536. The minimum absolute atomic E-state index is 0.101. The topological polar surface area (TPSA) is 75.3 Å². The Morgan fingerprint density at radius 1 is 1.21 bits per heavy atom. The molecule has 29 heavy (non-hydrogen) atoms. The first-order valence-corrected chi connectivity index (χ1v) is 8.85. The van der Waals surface area contributed by atoms with Crippen LogP contribution in [0.1, 0.15) is 21.6 Å². The molecule has 0 unspecified atom stereocenters. The van der Waals surface area contributed by atoms with Crippen molar-refractivity contribution in [3.8, 4) is 5.88 Å². The summed E-state index contributed by atoms with van der Waals surface area (Å²) in [5.74, 6) is -1.47. The van der Waals surface area contributed by atoms with Gasteiger partial charge in [-0.25, -0.2) is 4.98 Å². The van der Waals surface area contributed by atoms with Crippen LogP contribution in [0, 0.1) is 6.92 Å². The Kier molecular flexibility index (Phi) is 4.52. The van der Waals surface area contributed by atoms with Crippen molar-refractivity contribution in [3.05, 3.63) is 59.4 Å². The Labute approximate surface area is 163 Å². The number of amides is 1. The molecule has 4 rings (SSSR count). The molecule has 1 saturated heterocycles. The van der Waals surface area contributed by atoms with Crippen molar-refractivity contribution in [2.24, 2.45) is 0 Å². The van der Waals surface area contributed by atoms with Crippen molar-refractivity contribution in [1.29, 1.82) is 0 Å². The highest BCUT2D eigenvalue weighted by molar-refractivity contribution is 6.45. The molecular weight excluding hydrogens is 387 g/mol. The third-order valence-electron chi connectivity index (χ3n) is 4.80. The monoisotopic (exact) mass is 403 g/mol. The maximum atomic E-state index is 12.8. The van der Waals surface area contributed by atoms with Crippen molar-refractivity contribution >= 4 is 22.6 Å². The molecule has 1 fully saturated rings. The number of hydrogen-bond acceptors (Lipinski definition) is 4. The lowest BCUT2D eigenvalue weighted by Gasteiger charge is -2.38. The molecule has 1 aromatic carbocycles. The van der Waals surface area contributed by atoms with E-state index in [0.29, 0.717) is 16.6 Å². The molecule has 0 radical (unpaired) electrons. The maximum Gasteiger partial charge on any atom is 0.416 e. The van der Waals surface area contributed by atoms with Gasteiger partial charge in [-0.2, -0.15) is 13.2 Å². The zero-order valence-electron chi connectivity index (χ0n) is 15.3. The van der Waals surface area contributed by atoms with Gasteiger partial charge >= 0.3 is 6.18 Å². The summed E-state index contributed by atoms with van der Waals surface area (Å²) < 4.78 is 43.7. The molecule has 9 heteroatoms. The number of alkyl halides is 3. The molecule has 3 heterocycles. The number of pyridine rings is 1. The third-order valence-corrected chi connectivity index (χ3v) is 4.80. The van der Waals surface area contributed by atoms with E-state index in [1.54, 1.807) is 19.1 Å². The lowest BCUT2D eigenvalue weighted by Crippen LogP contribution is -2.58. The standard InChI is InChI=1S/C20H16F3N3O3/c1-11-17(14-4-2-3-5-15(14)25-11)18(27)19(28)26-9-13(10-26)29-16-8-12(6-7-24-16)20(21,22)23/h2-8,13,25H,9-10H2,1H3. The van der Waals surface area contributed by atoms with E-state index in [1.807, 2.05) is 12.1 Å². The number of para-hydroxylation sites is 1.